The summed E-state index contributed by atoms with van der Waals surface area (Å²) >= 11 is 1.44. The van der Waals surface area contributed by atoms with Crippen LogP contribution in [0.4, 0.5) is 11.6 Å². The highest BCUT2D eigenvalue weighted by Crippen LogP contribution is 2.31. The number of hydrogen-bond donors (Lipinski definition) is 1. The molecule has 110 valence electrons. The van der Waals surface area contributed by atoms with Crippen molar-refractivity contribution < 1.29 is 4.79 Å². The van der Waals surface area contributed by atoms with Gasteiger partial charge in [0, 0.05) is 19.3 Å². The second kappa shape index (κ2) is 5.77. The molecule has 0 radical (unpaired) electrons. The van der Waals surface area contributed by atoms with E-state index in [9.17, 15) is 4.79 Å². The molecule has 7 heteroatoms. The van der Waals surface area contributed by atoms with Gasteiger partial charge in [-0.3, -0.25) is 9.36 Å². The molecule has 0 bridgehead atoms. The first-order valence-corrected chi connectivity index (χ1v) is 7.72. The van der Waals surface area contributed by atoms with Crippen molar-refractivity contribution in [2.75, 3.05) is 17.2 Å². The number of rotatable bonds is 3. The number of para-hydroxylation sites is 1. The predicted molar refractivity (Wildman–Crippen MR) is 83.1 cm³/mol. The van der Waals surface area contributed by atoms with Gasteiger partial charge in [0.15, 0.2) is 5.16 Å². The summed E-state index contributed by atoms with van der Waals surface area (Å²) in [4.78, 5) is 14.5. The van der Waals surface area contributed by atoms with Crippen LogP contribution in [0.25, 0.3) is 0 Å². The molecule has 0 spiro atoms. The Hall–Kier alpha value is -2.02. The lowest BCUT2D eigenvalue weighted by atomic mass is 10.1. The first-order valence-electron chi connectivity index (χ1n) is 6.85. The van der Waals surface area contributed by atoms with Crippen molar-refractivity contribution in [1.82, 2.24) is 14.8 Å². The number of carbonyl (C=O) groups excluding carboxylic acids is 1. The average molecular weight is 303 g/mol. The third kappa shape index (κ3) is 2.73. The number of hydrogen-bond acceptors (Lipinski definition) is 5. The minimum absolute atomic E-state index is 0.124. The standard InChI is InChI=1S/C14H17N5OS/c1-18-13(15)16-17-14(18)21-11-8-5-9-19(12(11)20)10-6-3-2-4-7-10/h2-4,6-7,11H,5,8-9H2,1H3,(H2,15,16)/t11-/m1/s1. The summed E-state index contributed by atoms with van der Waals surface area (Å²) in [7, 11) is 1.81. The first kappa shape index (κ1) is 13.9. The number of amides is 1. The molecule has 1 amide bonds. The Kier molecular flexibility index (Phi) is 3.83. The number of thioether (sulfide) groups is 1. The molecule has 2 heterocycles. The van der Waals surface area contributed by atoms with E-state index in [0.29, 0.717) is 11.1 Å². The number of nitrogens with two attached hydrogens (primary N) is 1. The van der Waals surface area contributed by atoms with Crippen molar-refractivity contribution in [2.45, 2.75) is 23.2 Å². The van der Waals surface area contributed by atoms with Gasteiger partial charge in [-0.05, 0) is 25.0 Å². The summed E-state index contributed by atoms with van der Waals surface area (Å²) in [6.45, 7) is 0.765. The summed E-state index contributed by atoms with van der Waals surface area (Å²) in [5.41, 5.74) is 6.63. The summed E-state index contributed by atoms with van der Waals surface area (Å²) in [6.07, 6.45) is 1.82. The van der Waals surface area contributed by atoms with Gasteiger partial charge in [0.05, 0.1) is 5.25 Å². The molecular weight excluding hydrogens is 286 g/mol. The lowest BCUT2D eigenvalue weighted by Crippen LogP contribution is -2.43. The Morgan fingerprint density at radius 1 is 1.29 bits per heavy atom. The number of nitrogens with zero attached hydrogens (tertiary/aromatic N) is 4. The van der Waals surface area contributed by atoms with Gasteiger partial charge in [0.1, 0.15) is 0 Å². The summed E-state index contributed by atoms with van der Waals surface area (Å²) in [5.74, 6) is 0.486. The Balaban J connectivity index is 1.78. The highest BCUT2D eigenvalue weighted by molar-refractivity contribution is 8.00. The van der Waals surface area contributed by atoms with Crippen molar-refractivity contribution in [3.8, 4) is 0 Å². The van der Waals surface area contributed by atoms with Crippen LogP contribution >= 0.6 is 11.8 Å². The predicted octanol–water partition coefficient (Wildman–Crippen LogP) is 1.69. The molecule has 2 N–H and O–H groups in total. The monoisotopic (exact) mass is 303 g/mol. The van der Waals surface area contributed by atoms with E-state index < -0.39 is 0 Å². The first-order chi connectivity index (χ1) is 10.2. The van der Waals surface area contributed by atoms with Crippen LogP contribution < -0.4 is 10.6 Å². The molecule has 1 aliphatic heterocycles. The van der Waals surface area contributed by atoms with Crippen LogP contribution in [0.5, 0.6) is 0 Å². The average Bonchev–Trinajstić information content (AvgIpc) is 2.82. The molecule has 1 aliphatic rings. The molecule has 0 aliphatic carbocycles. The lowest BCUT2D eigenvalue weighted by Gasteiger charge is -2.31. The van der Waals surface area contributed by atoms with Gasteiger partial charge in [0.25, 0.3) is 0 Å². The number of anilines is 2. The highest BCUT2D eigenvalue weighted by Gasteiger charge is 2.31. The van der Waals surface area contributed by atoms with Gasteiger partial charge in [-0.25, -0.2) is 0 Å². The zero-order valence-corrected chi connectivity index (χ0v) is 12.6. The molecule has 6 nitrogen and oxygen atoms in total. The van der Waals surface area contributed by atoms with E-state index in [1.54, 1.807) is 11.6 Å². The normalized spacial score (nSPS) is 19.0. The van der Waals surface area contributed by atoms with Gasteiger partial charge >= 0.3 is 0 Å². The van der Waals surface area contributed by atoms with Gasteiger partial charge in [-0.15, -0.1) is 10.2 Å². The maximum atomic E-state index is 12.7. The molecule has 21 heavy (non-hydrogen) atoms. The van der Waals surface area contributed by atoms with E-state index in [1.165, 1.54) is 11.8 Å². The summed E-state index contributed by atoms with van der Waals surface area (Å²) in [6, 6.07) is 9.77. The van der Waals surface area contributed by atoms with Crippen molar-refractivity contribution in [3.63, 3.8) is 0 Å². The van der Waals surface area contributed by atoms with E-state index in [1.807, 2.05) is 35.2 Å². The zero-order chi connectivity index (χ0) is 14.8. The van der Waals surface area contributed by atoms with Crippen LogP contribution in [0, 0.1) is 0 Å². The SMILES string of the molecule is Cn1c(N)nnc1S[C@@H]1CCCN(c2ccccc2)C1=O. The number of piperidine rings is 1. The maximum absolute atomic E-state index is 12.7. The molecule has 3 rings (SSSR count). The topological polar surface area (TPSA) is 77.0 Å². The number of aromatic nitrogens is 3. The van der Waals surface area contributed by atoms with Crippen molar-refractivity contribution in [2.24, 2.45) is 7.05 Å². The minimum atomic E-state index is -0.138. The van der Waals surface area contributed by atoms with Crippen LogP contribution in [0.1, 0.15) is 12.8 Å². The van der Waals surface area contributed by atoms with E-state index in [4.69, 9.17) is 5.73 Å². The Morgan fingerprint density at radius 2 is 2.05 bits per heavy atom. The van der Waals surface area contributed by atoms with Crippen LogP contribution in [0.2, 0.25) is 0 Å². The fraction of sp³-hybridized carbons (Fsp3) is 0.357. The second-order valence-corrected chi connectivity index (χ2v) is 6.14. The second-order valence-electron chi connectivity index (χ2n) is 4.97. The molecule has 1 saturated heterocycles. The van der Waals surface area contributed by atoms with Crippen molar-refractivity contribution in [3.05, 3.63) is 30.3 Å². The van der Waals surface area contributed by atoms with E-state index in [2.05, 4.69) is 10.2 Å². The molecule has 1 atom stereocenters. The third-order valence-corrected chi connectivity index (χ3v) is 4.86. The van der Waals surface area contributed by atoms with Crippen molar-refractivity contribution in [1.29, 1.82) is 0 Å². The summed E-state index contributed by atoms with van der Waals surface area (Å²) < 4.78 is 1.71. The molecule has 2 aromatic rings. The Bertz CT molecular complexity index is 642. The van der Waals surface area contributed by atoms with Crippen molar-refractivity contribution >= 4 is 29.3 Å². The molecule has 0 unspecified atom stereocenters. The fourth-order valence-corrected chi connectivity index (χ4v) is 3.48. The zero-order valence-electron chi connectivity index (χ0n) is 11.8. The van der Waals surface area contributed by atoms with Crippen LogP contribution in [0.3, 0.4) is 0 Å². The molecule has 1 aromatic carbocycles. The lowest BCUT2D eigenvalue weighted by molar-refractivity contribution is -0.119. The third-order valence-electron chi connectivity index (χ3n) is 3.57. The van der Waals surface area contributed by atoms with E-state index >= 15 is 0 Å². The molecule has 1 fully saturated rings. The minimum Gasteiger partial charge on any atom is -0.368 e. The molecule has 0 saturated carbocycles. The Morgan fingerprint density at radius 3 is 2.71 bits per heavy atom. The van der Waals surface area contributed by atoms with Crippen LogP contribution in [-0.2, 0) is 11.8 Å². The van der Waals surface area contributed by atoms with Crippen LogP contribution in [0.15, 0.2) is 35.5 Å². The number of benzene rings is 1. The quantitative estimate of drug-likeness (QED) is 0.933. The van der Waals surface area contributed by atoms with Gasteiger partial charge < -0.3 is 10.6 Å². The maximum Gasteiger partial charge on any atom is 0.240 e. The van der Waals surface area contributed by atoms with Gasteiger partial charge in [0.2, 0.25) is 11.9 Å². The number of carbonyl (C=O) groups is 1. The van der Waals surface area contributed by atoms with Crippen LogP contribution in [-0.4, -0.2) is 32.5 Å². The molecule has 1 aromatic heterocycles. The molecular formula is C14H17N5OS. The van der Waals surface area contributed by atoms with E-state index in [-0.39, 0.29) is 11.2 Å². The summed E-state index contributed by atoms with van der Waals surface area (Å²) in [5, 5.41) is 8.39. The van der Waals surface area contributed by atoms with Gasteiger partial charge in [-0.1, -0.05) is 30.0 Å². The largest absolute Gasteiger partial charge is 0.368 e. The smallest absolute Gasteiger partial charge is 0.240 e. The Labute approximate surface area is 127 Å². The number of nitrogen functional groups attached to an aromatic ring is 1. The van der Waals surface area contributed by atoms with Gasteiger partial charge in [-0.2, -0.15) is 0 Å². The van der Waals surface area contributed by atoms with E-state index in [0.717, 1.165) is 25.1 Å². The fourth-order valence-electron chi connectivity index (χ4n) is 2.37. The highest BCUT2D eigenvalue weighted by atomic mass is 32.2.